The van der Waals surface area contributed by atoms with E-state index in [0.29, 0.717) is 26.2 Å². The highest BCUT2D eigenvalue weighted by Gasteiger charge is 2.21. The van der Waals surface area contributed by atoms with Crippen molar-refractivity contribution in [3.8, 4) is 0 Å². The van der Waals surface area contributed by atoms with Crippen LogP contribution in [-0.2, 0) is 24.0 Å². The van der Waals surface area contributed by atoms with Crippen molar-refractivity contribution in [2.75, 3.05) is 85.1 Å². The lowest BCUT2D eigenvalue weighted by atomic mass is 10.2. The zero-order chi connectivity index (χ0) is 26.4. The summed E-state index contributed by atoms with van der Waals surface area (Å²) in [5, 5.41) is 39.1. The fourth-order valence-corrected chi connectivity index (χ4v) is 3.53. The summed E-state index contributed by atoms with van der Waals surface area (Å²) in [6, 6.07) is -1.09. The van der Waals surface area contributed by atoms with Gasteiger partial charge in [-0.3, -0.25) is 43.6 Å². The van der Waals surface area contributed by atoms with E-state index in [9.17, 15) is 39.3 Å². The number of aliphatic carboxylic acids is 4. The van der Waals surface area contributed by atoms with Gasteiger partial charge in [0.05, 0.1) is 26.2 Å². The van der Waals surface area contributed by atoms with Crippen molar-refractivity contribution < 1.29 is 44.4 Å². The van der Waals surface area contributed by atoms with Crippen LogP contribution in [0.2, 0.25) is 0 Å². The van der Waals surface area contributed by atoms with E-state index < -0.39 is 29.9 Å². The maximum absolute atomic E-state index is 12.4. The number of nitrogens with one attached hydrogen (secondary N) is 1. The Morgan fingerprint density at radius 3 is 1.22 bits per heavy atom. The Balaban J connectivity index is 0.0000122. The first-order valence-corrected chi connectivity index (χ1v) is 11.3. The van der Waals surface area contributed by atoms with Crippen LogP contribution in [0.4, 0.5) is 0 Å². The van der Waals surface area contributed by atoms with Crippen molar-refractivity contribution in [2.24, 2.45) is 5.73 Å². The molecule has 0 radical (unpaired) electrons. The molecule has 0 spiro atoms. The van der Waals surface area contributed by atoms with Crippen LogP contribution in [0.25, 0.3) is 0 Å². The molecule has 0 unspecified atom stereocenters. The molecule has 0 saturated carbocycles. The van der Waals surface area contributed by atoms with Crippen LogP contribution in [0.5, 0.6) is 0 Å². The average molecular weight is 541 g/mol. The molecule has 0 aromatic heterocycles. The molecular weight excluding hydrogens is 504 g/mol. The second kappa shape index (κ2) is 17.8. The molecular formula is C20H37ClN6O9. The summed E-state index contributed by atoms with van der Waals surface area (Å²) in [5.41, 5.74) is 5.43. The highest BCUT2D eigenvalue weighted by Crippen LogP contribution is 2.01. The molecule has 0 aromatic carbocycles. The molecule has 0 aromatic rings. The quantitative estimate of drug-likeness (QED) is 0.144. The number of amides is 1. The molecule has 0 aliphatic carbocycles. The maximum Gasteiger partial charge on any atom is 0.320 e. The number of rotatable bonds is 12. The molecule has 0 bridgehead atoms. The number of carbonyl (C=O) groups is 5. The largest absolute Gasteiger partial charge is 0.480 e. The summed E-state index contributed by atoms with van der Waals surface area (Å²) < 4.78 is 0. The van der Waals surface area contributed by atoms with Gasteiger partial charge >= 0.3 is 23.9 Å². The molecule has 1 aliphatic rings. The molecule has 1 saturated heterocycles. The minimum atomic E-state index is -1.17. The molecule has 1 atom stereocenters. The molecule has 16 heteroatoms. The van der Waals surface area contributed by atoms with Gasteiger partial charge in [-0.15, -0.1) is 12.4 Å². The van der Waals surface area contributed by atoms with Gasteiger partial charge < -0.3 is 31.5 Å². The normalized spacial score (nSPS) is 18.1. The summed E-state index contributed by atoms with van der Waals surface area (Å²) in [6.07, 6.45) is 0.0622. The van der Waals surface area contributed by atoms with Crippen molar-refractivity contribution >= 4 is 42.2 Å². The summed E-state index contributed by atoms with van der Waals surface area (Å²) >= 11 is 0. The Bertz CT molecular complexity index is 712. The van der Waals surface area contributed by atoms with E-state index in [-0.39, 0.29) is 83.6 Å². The lowest BCUT2D eigenvalue weighted by molar-refractivity contribution is -0.140. The van der Waals surface area contributed by atoms with Crippen LogP contribution in [-0.4, -0.2) is 161 Å². The number of nitrogens with zero attached hydrogens (tertiary/aromatic N) is 4. The molecule has 1 amide bonds. The number of hydrogen-bond acceptors (Lipinski definition) is 10. The zero-order valence-electron chi connectivity index (χ0n) is 20.1. The molecule has 15 nitrogen and oxygen atoms in total. The lowest BCUT2D eigenvalue weighted by Crippen LogP contribution is -2.50. The predicted octanol–water partition coefficient (Wildman–Crippen LogP) is -3.20. The van der Waals surface area contributed by atoms with Gasteiger partial charge in [0.1, 0.15) is 6.04 Å². The van der Waals surface area contributed by atoms with Gasteiger partial charge in [0.2, 0.25) is 5.91 Å². The second-order valence-corrected chi connectivity index (χ2v) is 8.37. The first kappa shape index (κ1) is 33.4. The van der Waals surface area contributed by atoms with Crippen LogP contribution < -0.4 is 11.1 Å². The monoisotopic (exact) mass is 540 g/mol. The van der Waals surface area contributed by atoms with E-state index in [2.05, 4.69) is 5.32 Å². The summed E-state index contributed by atoms with van der Waals surface area (Å²) in [6.45, 7) is 1.63. The van der Waals surface area contributed by atoms with E-state index in [1.54, 1.807) is 19.6 Å². The van der Waals surface area contributed by atoms with E-state index in [0.717, 1.165) is 0 Å². The van der Waals surface area contributed by atoms with E-state index in [1.807, 2.05) is 0 Å². The SMILES string of the molecule is Cl.N[C@@H](CCNC(=O)CN1CCN(CC(=O)O)CCN(CC(=O)O)CCN(CC(=O)O)CC1)C(=O)O. The molecule has 7 N–H and O–H groups in total. The Hall–Kier alpha value is -2.56. The predicted molar refractivity (Wildman–Crippen MR) is 129 cm³/mol. The lowest BCUT2D eigenvalue weighted by Gasteiger charge is -2.32. The minimum absolute atomic E-state index is 0. The van der Waals surface area contributed by atoms with Gasteiger partial charge in [0, 0.05) is 58.9 Å². The number of halogens is 1. The van der Waals surface area contributed by atoms with Crippen molar-refractivity contribution in [2.45, 2.75) is 12.5 Å². The van der Waals surface area contributed by atoms with E-state index in [1.165, 1.54) is 0 Å². The third-order valence-electron chi connectivity index (χ3n) is 5.47. The van der Waals surface area contributed by atoms with Crippen molar-refractivity contribution in [3.63, 3.8) is 0 Å². The van der Waals surface area contributed by atoms with Crippen molar-refractivity contribution in [1.29, 1.82) is 0 Å². The highest BCUT2D eigenvalue weighted by atomic mass is 35.5. The summed E-state index contributed by atoms with van der Waals surface area (Å²) in [7, 11) is 0. The molecule has 1 heterocycles. The fourth-order valence-electron chi connectivity index (χ4n) is 3.53. The minimum Gasteiger partial charge on any atom is -0.480 e. The Morgan fingerprint density at radius 1 is 0.639 bits per heavy atom. The van der Waals surface area contributed by atoms with Crippen molar-refractivity contribution in [1.82, 2.24) is 24.9 Å². The number of carbonyl (C=O) groups excluding carboxylic acids is 1. The number of hydrogen-bond donors (Lipinski definition) is 6. The van der Waals surface area contributed by atoms with Gasteiger partial charge in [-0.2, -0.15) is 0 Å². The Morgan fingerprint density at radius 2 is 0.944 bits per heavy atom. The third-order valence-corrected chi connectivity index (χ3v) is 5.47. The van der Waals surface area contributed by atoms with Crippen LogP contribution in [0.3, 0.4) is 0 Å². The first-order valence-electron chi connectivity index (χ1n) is 11.3. The van der Waals surface area contributed by atoms with Crippen LogP contribution >= 0.6 is 12.4 Å². The van der Waals surface area contributed by atoms with Crippen LogP contribution in [0.1, 0.15) is 6.42 Å². The van der Waals surface area contributed by atoms with Gasteiger partial charge in [-0.05, 0) is 6.42 Å². The van der Waals surface area contributed by atoms with E-state index >= 15 is 0 Å². The van der Waals surface area contributed by atoms with Crippen LogP contribution in [0, 0.1) is 0 Å². The van der Waals surface area contributed by atoms with E-state index in [4.69, 9.17) is 10.8 Å². The molecule has 1 rings (SSSR count). The zero-order valence-corrected chi connectivity index (χ0v) is 20.9. The topological polar surface area (TPSA) is 217 Å². The van der Waals surface area contributed by atoms with Gasteiger partial charge in [-0.1, -0.05) is 0 Å². The molecule has 1 aliphatic heterocycles. The highest BCUT2D eigenvalue weighted by molar-refractivity contribution is 5.85. The Kier molecular flexibility index (Phi) is 16.5. The second-order valence-electron chi connectivity index (χ2n) is 8.37. The van der Waals surface area contributed by atoms with Crippen molar-refractivity contribution in [3.05, 3.63) is 0 Å². The van der Waals surface area contributed by atoms with Gasteiger partial charge in [0.25, 0.3) is 0 Å². The Labute approximate surface area is 215 Å². The van der Waals surface area contributed by atoms with Gasteiger partial charge in [0.15, 0.2) is 0 Å². The fraction of sp³-hybridized carbons (Fsp3) is 0.750. The summed E-state index contributed by atoms with van der Waals surface area (Å²) in [4.78, 5) is 63.7. The standard InChI is InChI=1S/C20H36N6O9.ClH/c21-15(20(34)35)1-2-22-16(27)11-23-3-5-24(12-17(28)29)7-9-26(14-19(32)33)10-8-25(6-4-23)13-18(30)31;/h15H,1-14,21H2,(H,22,27)(H,28,29)(H,30,31)(H,32,33)(H,34,35);1H/t15-;/m0./s1. The molecule has 1 fully saturated rings. The molecule has 36 heavy (non-hydrogen) atoms. The number of carboxylic acids is 4. The van der Waals surface area contributed by atoms with Crippen LogP contribution in [0.15, 0.2) is 0 Å². The third kappa shape index (κ3) is 15.4. The maximum atomic E-state index is 12.4. The average Bonchev–Trinajstić information content (AvgIpc) is 2.74. The first-order chi connectivity index (χ1) is 16.5. The number of nitrogens with two attached hydrogens (primary N) is 1. The molecule has 208 valence electrons. The summed E-state index contributed by atoms with van der Waals surface area (Å²) in [5.74, 6) is -4.63. The smallest absolute Gasteiger partial charge is 0.320 e. The van der Waals surface area contributed by atoms with Gasteiger partial charge in [-0.25, -0.2) is 0 Å². The number of carboxylic acid groups (broad SMARTS) is 4.